The van der Waals surface area contributed by atoms with Crippen molar-refractivity contribution >= 4 is 34.7 Å². The van der Waals surface area contributed by atoms with Crippen LogP contribution in [0.3, 0.4) is 0 Å². The van der Waals surface area contributed by atoms with E-state index in [1.807, 2.05) is 0 Å². The van der Waals surface area contributed by atoms with Gasteiger partial charge in [-0.15, -0.1) is 0 Å². The summed E-state index contributed by atoms with van der Waals surface area (Å²) in [5.41, 5.74) is 3.87. The van der Waals surface area contributed by atoms with Crippen LogP contribution in [0.1, 0.15) is 55.6 Å². The van der Waals surface area contributed by atoms with Crippen LogP contribution in [-0.4, -0.2) is 58.6 Å². The molecule has 1 fully saturated rings. The Bertz CT molecular complexity index is 1290. The number of halogens is 3. The van der Waals surface area contributed by atoms with Gasteiger partial charge in [0, 0.05) is 47.7 Å². The van der Waals surface area contributed by atoms with Crippen molar-refractivity contribution in [2.24, 2.45) is 10.7 Å². The van der Waals surface area contributed by atoms with Crippen LogP contribution in [-0.2, 0) is 4.74 Å². The predicted molar refractivity (Wildman–Crippen MR) is 133 cm³/mol. The normalized spacial score (nSPS) is 18.8. The first kappa shape index (κ1) is 26.5. The monoisotopic (exact) mass is 518 g/mol. The number of aliphatic hydroxyl groups excluding tert-OH is 1. The molecule has 2 amide bonds. The number of carbonyl (C=O) groups excluding carboxylic acids is 2. The molecule has 0 aliphatic carbocycles. The zero-order valence-corrected chi connectivity index (χ0v) is 20.7. The number of amides is 2. The summed E-state index contributed by atoms with van der Waals surface area (Å²) < 4.78 is 47.9. The molecule has 0 spiro atoms. The topological polar surface area (TPSA) is 117 Å². The highest BCUT2D eigenvalue weighted by molar-refractivity contribution is 6.24. The molecule has 2 aromatic rings. The first-order valence-corrected chi connectivity index (χ1v) is 11.8. The second-order valence-corrected chi connectivity index (χ2v) is 10.2. The van der Waals surface area contributed by atoms with Crippen LogP contribution in [0.2, 0.25) is 0 Å². The second-order valence-electron chi connectivity index (χ2n) is 10.2. The van der Waals surface area contributed by atoms with Crippen molar-refractivity contribution in [3.63, 3.8) is 0 Å². The third-order valence-electron chi connectivity index (χ3n) is 6.60. The van der Waals surface area contributed by atoms with Crippen LogP contribution in [0.15, 0.2) is 47.1 Å². The average molecular weight is 519 g/mol. The number of nitrogens with one attached hydrogen (secondary N) is 1. The Kier molecular flexibility index (Phi) is 6.70. The molecule has 4 rings (SSSR count). The van der Waals surface area contributed by atoms with Gasteiger partial charge in [0.1, 0.15) is 11.7 Å². The highest BCUT2D eigenvalue weighted by atomic mass is 19.4. The maximum Gasteiger partial charge on any atom is 0.413 e. The number of rotatable bonds is 4. The molecule has 2 heterocycles. The Morgan fingerprint density at radius 1 is 1.22 bits per heavy atom. The predicted octanol–water partition coefficient (Wildman–Crippen LogP) is 4.68. The lowest BCUT2D eigenvalue weighted by molar-refractivity contribution is -0.195. The Morgan fingerprint density at radius 3 is 2.49 bits per heavy atom. The number of aliphatic imine (C=N–C) groups is 1. The Morgan fingerprint density at radius 2 is 1.89 bits per heavy atom. The second kappa shape index (κ2) is 9.37. The molecule has 4 N–H and O–H groups in total. The van der Waals surface area contributed by atoms with E-state index in [9.17, 15) is 27.9 Å². The summed E-state index contributed by atoms with van der Waals surface area (Å²) in [4.78, 5) is 29.7. The summed E-state index contributed by atoms with van der Waals surface area (Å²) >= 11 is 0. The van der Waals surface area contributed by atoms with Crippen molar-refractivity contribution in [3.05, 3.63) is 53.2 Å². The molecular formula is C26H29F3N4O4. The van der Waals surface area contributed by atoms with Gasteiger partial charge in [0.15, 0.2) is 5.54 Å². The van der Waals surface area contributed by atoms with Crippen LogP contribution >= 0.6 is 0 Å². The Labute approximate surface area is 212 Å². The number of anilines is 1. The van der Waals surface area contributed by atoms with Crippen LogP contribution in [0, 0.1) is 0 Å². The molecule has 0 aromatic heterocycles. The fourth-order valence-corrected chi connectivity index (χ4v) is 4.60. The highest BCUT2D eigenvalue weighted by Crippen LogP contribution is 2.43. The van der Waals surface area contributed by atoms with Crippen LogP contribution in [0.5, 0.6) is 0 Å². The van der Waals surface area contributed by atoms with E-state index in [0.29, 0.717) is 27.6 Å². The third-order valence-corrected chi connectivity index (χ3v) is 6.60. The molecule has 0 radical (unpaired) electrons. The minimum absolute atomic E-state index is 0.0313. The molecule has 2 aliphatic heterocycles. The first-order chi connectivity index (χ1) is 17.3. The van der Waals surface area contributed by atoms with Gasteiger partial charge in [-0.3, -0.25) is 9.79 Å². The summed E-state index contributed by atoms with van der Waals surface area (Å²) in [6, 6.07) is 8.26. The van der Waals surface area contributed by atoms with E-state index in [-0.39, 0.29) is 24.6 Å². The van der Waals surface area contributed by atoms with E-state index in [1.54, 1.807) is 51.1 Å². The SMILES string of the molecule is CC(C)(C)OC(=O)N1CCC(N=CC(=CN)C(O)c2ccc3c4c(cccc24)C(=O)N3)(C(F)(F)F)CC1. The van der Waals surface area contributed by atoms with Gasteiger partial charge in [0.25, 0.3) is 5.91 Å². The van der Waals surface area contributed by atoms with Crippen LogP contribution < -0.4 is 11.1 Å². The minimum atomic E-state index is -4.69. The molecule has 8 nitrogen and oxygen atoms in total. The van der Waals surface area contributed by atoms with Crippen molar-refractivity contribution < 1.29 is 32.6 Å². The van der Waals surface area contributed by atoms with E-state index in [1.165, 1.54) is 4.90 Å². The third kappa shape index (κ3) is 5.00. The van der Waals surface area contributed by atoms with Crippen molar-refractivity contribution in [1.82, 2.24) is 4.90 Å². The standard InChI is InChI=1S/C26H29F3N4O4/c1-24(2,3)37-23(36)33-11-9-25(10-12-33,26(27,28)29)31-14-15(13-30)21(34)17-7-8-19-20-16(17)5-4-6-18(20)22(35)32-19/h4-8,13-14,21,34H,9-12,30H2,1-3H3,(H,32,35). The lowest BCUT2D eigenvalue weighted by Gasteiger charge is -2.40. The lowest BCUT2D eigenvalue weighted by atomic mass is 9.87. The molecule has 2 aromatic carbocycles. The lowest BCUT2D eigenvalue weighted by Crippen LogP contribution is -2.54. The Hall–Kier alpha value is -3.60. The molecule has 0 bridgehead atoms. The summed E-state index contributed by atoms with van der Waals surface area (Å²) in [7, 11) is 0. The van der Waals surface area contributed by atoms with E-state index < -0.39 is 42.4 Å². The van der Waals surface area contributed by atoms with Gasteiger partial charge < -0.3 is 25.8 Å². The number of nitrogens with two attached hydrogens (primary N) is 1. The number of carbonyl (C=O) groups is 2. The maximum absolute atomic E-state index is 14.2. The average Bonchev–Trinajstić information content (AvgIpc) is 3.15. The van der Waals surface area contributed by atoms with Gasteiger partial charge >= 0.3 is 12.3 Å². The molecule has 37 heavy (non-hydrogen) atoms. The smallest absolute Gasteiger partial charge is 0.413 e. The minimum Gasteiger partial charge on any atom is -0.444 e. The molecule has 2 aliphatic rings. The van der Waals surface area contributed by atoms with Gasteiger partial charge in [-0.05, 0) is 56.7 Å². The van der Waals surface area contributed by atoms with Crippen molar-refractivity contribution in [3.8, 4) is 0 Å². The van der Waals surface area contributed by atoms with E-state index >= 15 is 0 Å². The van der Waals surface area contributed by atoms with Crippen molar-refractivity contribution in [2.75, 3.05) is 18.4 Å². The zero-order chi connectivity index (χ0) is 27.2. The van der Waals surface area contributed by atoms with Gasteiger partial charge in [-0.2, -0.15) is 13.2 Å². The molecule has 0 saturated carbocycles. The molecule has 1 unspecified atom stereocenters. The highest BCUT2D eigenvalue weighted by Gasteiger charge is 2.56. The summed E-state index contributed by atoms with van der Waals surface area (Å²) in [5, 5.41) is 15.0. The molecule has 11 heteroatoms. The van der Waals surface area contributed by atoms with E-state index in [2.05, 4.69) is 10.3 Å². The van der Waals surface area contributed by atoms with E-state index in [0.717, 1.165) is 12.4 Å². The number of alkyl halides is 3. The van der Waals surface area contributed by atoms with Crippen LogP contribution in [0.25, 0.3) is 10.8 Å². The van der Waals surface area contributed by atoms with Crippen molar-refractivity contribution in [1.29, 1.82) is 0 Å². The number of piperidine rings is 1. The quantitative estimate of drug-likeness (QED) is 0.508. The number of likely N-dealkylation sites (tertiary alicyclic amines) is 1. The van der Waals surface area contributed by atoms with Gasteiger partial charge in [0.05, 0.1) is 0 Å². The summed E-state index contributed by atoms with van der Waals surface area (Å²) in [6.07, 6.45) is -5.72. The fraction of sp³-hybridized carbons (Fsp3) is 0.423. The van der Waals surface area contributed by atoms with Gasteiger partial charge in [-0.1, -0.05) is 18.2 Å². The van der Waals surface area contributed by atoms with E-state index in [4.69, 9.17) is 10.5 Å². The number of hydrogen-bond acceptors (Lipinski definition) is 6. The van der Waals surface area contributed by atoms with Gasteiger partial charge in [0.2, 0.25) is 0 Å². The number of aliphatic hydroxyl groups is 1. The number of hydrogen-bond donors (Lipinski definition) is 3. The number of nitrogens with zero attached hydrogens (tertiary/aromatic N) is 2. The number of benzene rings is 2. The summed E-state index contributed by atoms with van der Waals surface area (Å²) in [5.74, 6) is -0.270. The molecule has 1 atom stereocenters. The molecule has 1 saturated heterocycles. The van der Waals surface area contributed by atoms with Crippen molar-refractivity contribution in [2.45, 2.75) is 57.0 Å². The molecule has 198 valence electrons. The van der Waals surface area contributed by atoms with Crippen LogP contribution in [0.4, 0.5) is 23.7 Å². The fourth-order valence-electron chi connectivity index (χ4n) is 4.60. The molecular weight excluding hydrogens is 489 g/mol. The number of ether oxygens (including phenoxy) is 1. The first-order valence-electron chi connectivity index (χ1n) is 11.8. The zero-order valence-electron chi connectivity index (χ0n) is 20.7. The maximum atomic E-state index is 14.2. The Balaban J connectivity index is 1.59. The van der Waals surface area contributed by atoms with Gasteiger partial charge in [-0.25, -0.2) is 4.79 Å². The largest absolute Gasteiger partial charge is 0.444 e. The summed E-state index contributed by atoms with van der Waals surface area (Å²) in [6.45, 7) is 4.67.